The number of nitriles is 1. The number of hydrogen-bond acceptors (Lipinski definition) is 8. The normalized spacial score (nSPS) is 12.3. The molecule has 0 aliphatic carbocycles. The van der Waals surface area contributed by atoms with E-state index < -0.39 is 23.8 Å². The van der Waals surface area contributed by atoms with E-state index in [9.17, 15) is 24.8 Å². The van der Waals surface area contributed by atoms with E-state index in [2.05, 4.69) is 142 Å². The van der Waals surface area contributed by atoms with Gasteiger partial charge in [-0.2, -0.15) is 13.7 Å². The van der Waals surface area contributed by atoms with Crippen molar-refractivity contribution in [1.82, 2.24) is 18.9 Å². The average molecular weight is 1110 g/mol. The molecule has 0 aliphatic heterocycles. The smallest absolute Gasteiger partial charge is 0.327 e. The summed E-state index contributed by atoms with van der Waals surface area (Å²) in [7, 11) is -4.08. The highest BCUT2D eigenvalue weighted by Crippen LogP contribution is 2.37. The van der Waals surface area contributed by atoms with Crippen molar-refractivity contribution in [2.24, 2.45) is 0 Å². The van der Waals surface area contributed by atoms with Gasteiger partial charge >= 0.3 is 13.7 Å². The third-order valence-corrected chi connectivity index (χ3v) is 17.6. The lowest BCUT2D eigenvalue weighted by Crippen LogP contribution is -2.54. The molecule has 0 spiro atoms. The number of fused-ring (bicyclic) bond motifs is 3. The molecule has 0 fully saturated rings. The molecule has 4 aromatic heterocycles. The molecule has 12 aromatic rings. The summed E-state index contributed by atoms with van der Waals surface area (Å²) in [6.45, 7) is 10.9. The molecule has 10 nitrogen and oxygen atoms in total. The maximum Gasteiger partial charge on any atom is 0.327 e. The number of thiazole rings is 2. The lowest BCUT2D eigenvalue weighted by atomic mass is 9.50. The van der Waals surface area contributed by atoms with E-state index in [4.69, 9.17) is 14.7 Å². The van der Waals surface area contributed by atoms with Crippen LogP contribution < -0.4 is 37.3 Å². The largest absolute Gasteiger partial charge is 0.494 e. The molecule has 0 bridgehead atoms. The predicted octanol–water partition coefficient (Wildman–Crippen LogP) is 10.4. The van der Waals surface area contributed by atoms with Crippen LogP contribution in [-0.4, -0.2) is 57.9 Å². The van der Waals surface area contributed by atoms with Crippen LogP contribution in [0.4, 0.5) is 0 Å². The van der Waals surface area contributed by atoms with E-state index >= 15 is 0 Å². The molecule has 8 aromatic carbocycles. The van der Waals surface area contributed by atoms with Crippen LogP contribution in [0.5, 0.6) is 5.75 Å². The van der Waals surface area contributed by atoms with Crippen LogP contribution in [0.15, 0.2) is 218 Å². The van der Waals surface area contributed by atoms with E-state index in [-0.39, 0.29) is 18.8 Å². The summed E-state index contributed by atoms with van der Waals surface area (Å²) in [5, 5.41) is 16.3. The van der Waals surface area contributed by atoms with E-state index in [1.54, 1.807) is 0 Å². The number of benzene rings is 8. The zero-order valence-corrected chi connectivity index (χ0v) is 46.5. The molecule has 0 unspecified atom stereocenters. The number of unbranched alkanes of at least 4 members (excludes halogenated alkanes) is 1. The van der Waals surface area contributed by atoms with Crippen LogP contribution in [0.2, 0.25) is 0 Å². The summed E-state index contributed by atoms with van der Waals surface area (Å²) in [5.74, 6) is 0.275. The topological polar surface area (TPSA) is 127 Å². The van der Waals surface area contributed by atoms with Crippen LogP contribution in [0.25, 0.3) is 58.6 Å². The number of para-hydroxylation sites is 2. The van der Waals surface area contributed by atoms with Crippen LogP contribution in [0.3, 0.4) is 0 Å². The summed E-state index contributed by atoms with van der Waals surface area (Å²) in [6, 6.07) is 76.9. The first-order valence-corrected chi connectivity index (χ1v) is 29.9. The lowest BCUT2D eigenvalue weighted by Gasteiger charge is -2.24. The number of hydrogen-bond donors (Lipinski definition) is 1. The highest BCUT2D eigenvalue weighted by Gasteiger charge is 2.37. The Morgan fingerprint density at radius 1 is 0.617 bits per heavy atom. The fraction of sp³-hybridized carbons (Fsp3) is 0.0909. The zero-order valence-electron chi connectivity index (χ0n) is 44.1. The van der Waals surface area contributed by atoms with E-state index in [1.165, 1.54) is 22.7 Å². The predicted molar refractivity (Wildman–Crippen MR) is 333 cm³/mol. The van der Waals surface area contributed by atoms with Crippen molar-refractivity contribution in [3.63, 3.8) is 0 Å². The minimum absolute atomic E-state index is 0.261. The number of aromatic nitrogens is 4. The number of ether oxygens (including phenoxy) is 1. The van der Waals surface area contributed by atoms with Crippen molar-refractivity contribution < 1.29 is 17.7 Å². The summed E-state index contributed by atoms with van der Waals surface area (Å²) in [5.41, 5.74) is 10.9. The SMILES string of the molecule is [C-]#[N+]/C(c1nc2ccccc2s1)=c1\c2c(Cc3ccc(OCCCCS(=O)(=O)O)cc3)n(B(c3ccccc3)c3ccccc3)/c(=C(/C#N)c3nc4ccccc4s3)c2c(-c2ccccc2C)n1B(c1ccccc1)c1ccccc1. The van der Waals surface area contributed by atoms with Crippen LogP contribution in [0, 0.1) is 24.8 Å². The van der Waals surface area contributed by atoms with Gasteiger partial charge in [0.1, 0.15) is 27.4 Å². The molecule has 0 saturated carbocycles. The van der Waals surface area contributed by atoms with E-state index in [0.29, 0.717) is 50.6 Å². The summed E-state index contributed by atoms with van der Waals surface area (Å²) in [4.78, 5) is 15.2. The molecule has 0 atom stereocenters. The van der Waals surface area contributed by atoms with Gasteiger partial charge in [0.2, 0.25) is 5.70 Å². The van der Waals surface area contributed by atoms with Gasteiger partial charge in [0, 0.05) is 39.5 Å². The van der Waals surface area contributed by atoms with Crippen molar-refractivity contribution in [2.45, 2.75) is 26.2 Å². The molecular formula is C66H50B2N6O4S3. The van der Waals surface area contributed by atoms with Gasteiger partial charge < -0.3 is 13.7 Å². The first-order valence-electron chi connectivity index (χ1n) is 26.6. The second-order valence-corrected chi connectivity index (χ2v) is 23.5. The number of nitrogens with zero attached hydrogens (tertiary/aromatic N) is 6. The second-order valence-electron chi connectivity index (χ2n) is 19.8. The van der Waals surface area contributed by atoms with Gasteiger partial charge in [0.05, 0.1) is 44.7 Å². The zero-order chi connectivity index (χ0) is 55.5. The first kappa shape index (κ1) is 52.6. The van der Waals surface area contributed by atoms with Gasteiger partial charge in [-0.25, -0.2) is 14.8 Å². The van der Waals surface area contributed by atoms with Crippen molar-refractivity contribution in [1.29, 1.82) is 5.26 Å². The second kappa shape index (κ2) is 22.9. The van der Waals surface area contributed by atoms with Crippen molar-refractivity contribution in [2.75, 3.05) is 12.4 Å². The summed E-state index contributed by atoms with van der Waals surface area (Å²) in [6.07, 6.45) is 1.03. The van der Waals surface area contributed by atoms with Gasteiger partial charge in [-0.3, -0.25) is 4.55 Å². The highest BCUT2D eigenvalue weighted by atomic mass is 32.2. The summed E-state index contributed by atoms with van der Waals surface area (Å²) < 4.78 is 45.0. The molecule has 81 heavy (non-hydrogen) atoms. The van der Waals surface area contributed by atoms with Gasteiger partial charge in [-0.1, -0.05) is 204 Å². The maximum atomic E-state index is 12.3. The Labute approximate surface area is 478 Å². The molecule has 0 radical (unpaired) electrons. The van der Waals surface area contributed by atoms with Crippen LogP contribution in [-0.2, 0) is 16.5 Å². The van der Waals surface area contributed by atoms with Gasteiger partial charge in [0.25, 0.3) is 10.1 Å². The minimum Gasteiger partial charge on any atom is -0.494 e. The molecule has 392 valence electrons. The summed E-state index contributed by atoms with van der Waals surface area (Å²) >= 11 is 2.98. The third kappa shape index (κ3) is 10.5. The van der Waals surface area contributed by atoms with Crippen molar-refractivity contribution in [3.8, 4) is 23.1 Å². The van der Waals surface area contributed by atoms with Gasteiger partial charge in [-0.15, -0.1) is 22.7 Å². The van der Waals surface area contributed by atoms with Gasteiger partial charge in [0.15, 0.2) is 0 Å². The Bertz CT molecular complexity index is 4370. The van der Waals surface area contributed by atoms with E-state index in [0.717, 1.165) is 81.1 Å². The molecule has 12 rings (SSSR count). The molecule has 15 heteroatoms. The molecule has 4 heterocycles. The van der Waals surface area contributed by atoms with Crippen molar-refractivity contribution in [3.05, 3.63) is 267 Å². The van der Waals surface area contributed by atoms with Crippen LogP contribution >= 0.6 is 22.7 Å². The highest BCUT2D eigenvalue weighted by molar-refractivity contribution is 7.85. The molecule has 0 aliphatic rings. The minimum atomic E-state index is -4.08. The number of rotatable bonds is 17. The Balaban J connectivity index is 1.32. The Hall–Kier alpha value is -9.08. The Morgan fingerprint density at radius 3 is 1.63 bits per heavy atom. The first-order chi connectivity index (χ1) is 39.7. The fourth-order valence-corrected chi connectivity index (χ4v) is 13.6. The standard InChI is InChI=1S/C66H50B2N6O4S3/c1-45-23-15-16-32-52(45)62-60-59(64(61(70-2)66-72-55-34-18-20-36-58(55)80-66)74(62)68(49-28-11-5-12-29-49)50-30-13-6-14-31-50)56(43-46-37-39-51(40-38-46)78-41-21-22-42-81(75,76)77)73(67(47-24-7-3-8-25-47)48-26-9-4-10-27-48)63(60)53(44-69)65-71-54-33-17-19-35-57(54)79-65/h3-20,23-40H,21-22,41-43H2,1H3,(H,75,76,77)/b63-53-,64-61+. The third-order valence-electron chi connectivity index (χ3n) is 14.7. The Morgan fingerprint density at radius 2 is 1.11 bits per heavy atom. The molecule has 0 saturated heterocycles. The van der Waals surface area contributed by atoms with Crippen LogP contribution in [0.1, 0.15) is 39.7 Å². The molecule has 0 amide bonds. The van der Waals surface area contributed by atoms with Crippen molar-refractivity contribution >= 4 is 111 Å². The maximum absolute atomic E-state index is 12.3. The quantitative estimate of drug-likeness (QED) is 0.0416. The Kier molecular flexibility index (Phi) is 14.9. The lowest BCUT2D eigenvalue weighted by molar-refractivity contribution is 0.309. The average Bonchev–Trinajstić information content (AvgIpc) is 4.41. The van der Waals surface area contributed by atoms with Gasteiger partial charge in [-0.05, 0) is 67.3 Å². The number of aryl methyl sites for hydroxylation is 1. The van der Waals surface area contributed by atoms with E-state index in [1.807, 2.05) is 103 Å². The molecule has 1 N–H and O–H groups in total. The monoisotopic (exact) mass is 1110 g/mol. The molecular weight excluding hydrogens is 1060 g/mol. The fourth-order valence-electron chi connectivity index (χ4n) is 11.1.